The molecule has 0 radical (unpaired) electrons. The van der Waals surface area contributed by atoms with E-state index in [2.05, 4.69) is 42.6 Å². The first-order chi connectivity index (χ1) is 10.6. The topological polar surface area (TPSA) is 49.3 Å². The van der Waals surface area contributed by atoms with Crippen molar-refractivity contribution in [1.82, 2.24) is 15.6 Å². The van der Waals surface area contributed by atoms with Crippen molar-refractivity contribution < 1.29 is 0 Å². The molecule has 0 aliphatic heterocycles. The van der Waals surface area contributed by atoms with Crippen LogP contribution in [0.4, 0.5) is 0 Å². The monoisotopic (exact) mass is 340 g/mol. The summed E-state index contributed by atoms with van der Waals surface area (Å²) in [4.78, 5) is 10.6. The maximum atomic E-state index is 4.74. The molecular formula is C16H28N4S2. The molecule has 0 aromatic carbocycles. The lowest BCUT2D eigenvalue weighted by Gasteiger charge is -2.17. The molecule has 22 heavy (non-hydrogen) atoms. The van der Waals surface area contributed by atoms with Gasteiger partial charge in [-0.05, 0) is 46.3 Å². The molecule has 0 spiro atoms. The highest BCUT2D eigenvalue weighted by atomic mass is 32.2. The third-order valence-electron chi connectivity index (χ3n) is 4.01. The number of thiazole rings is 1. The van der Waals surface area contributed by atoms with Crippen LogP contribution >= 0.6 is 23.1 Å². The van der Waals surface area contributed by atoms with Crippen molar-refractivity contribution in [2.75, 3.05) is 19.3 Å². The Morgan fingerprint density at radius 2 is 2.23 bits per heavy atom. The number of aromatic nitrogens is 1. The summed E-state index contributed by atoms with van der Waals surface area (Å²) in [5.41, 5.74) is 1.16. The van der Waals surface area contributed by atoms with Crippen LogP contribution in [-0.4, -0.2) is 41.6 Å². The number of aliphatic imine (C=N–C) groups is 1. The second kappa shape index (κ2) is 8.77. The summed E-state index contributed by atoms with van der Waals surface area (Å²) in [7, 11) is 0. The zero-order valence-corrected chi connectivity index (χ0v) is 15.7. The van der Waals surface area contributed by atoms with Gasteiger partial charge in [0, 0.05) is 35.7 Å². The lowest BCUT2D eigenvalue weighted by atomic mass is 10.2. The molecule has 1 fully saturated rings. The van der Waals surface area contributed by atoms with Crippen LogP contribution < -0.4 is 10.6 Å². The number of nitrogens with one attached hydrogen (secondary N) is 2. The molecule has 0 amide bonds. The van der Waals surface area contributed by atoms with E-state index in [1.54, 1.807) is 11.3 Å². The van der Waals surface area contributed by atoms with Gasteiger partial charge < -0.3 is 10.6 Å². The van der Waals surface area contributed by atoms with Crippen LogP contribution in [0, 0.1) is 13.8 Å². The summed E-state index contributed by atoms with van der Waals surface area (Å²) < 4.78 is 0. The van der Waals surface area contributed by atoms with Gasteiger partial charge in [-0.25, -0.2) is 4.98 Å². The third-order valence-corrected chi connectivity index (χ3v) is 6.24. The number of thioether (sulfide) groups is 1. The van der Waals surface area contributed by atoms with Gasteiger partial charge in [-0.2, -0.15) is 11.8 Å². The van der Waals surface area contributed by atoms with E-state index >= 15 is 0 Å². The Morgan fingerprint density at radius 3 is 2.82 bits per heavy atom. The van der Waals surface area contributed by atoms with Crippen molar-refractivity contribution in [2.24, 2.45) is 4.99 Å². The van der Waals surface area contributed by atoms with Crippen molar-refractivity contribution in [3.05, 3.63) is 15.6 Å². The second-order valence-electron chi connectivity index (χ2n) is 5.76. The van der Waals surface area contributed by atoms with E-state index in [-0.39, 0.29) is 0 Å². The fourth-order valence-corrected chi connectivity index (χ4v) is 4.60. The van der Waals surface area contributed by atoms with Crippen LogP contribution in [0.5, 0.6) is 0 Å². The average molecular weight is 341 g/mol. The standard InChI is InChI=1S/C16H28N4S2/c1-5-17-16(20-13-6-7-14(10-13)21-4)18-9-8-15-11(2)19-12(3)22-15/h13-14H,5-10H2,1-4H3,(H2,17,18,20). The molecule has 2 N–H and O–H groups in total. The van der Waals surface area contributed by atoms with E-state index in [0.29, 0.717) is 6.04 Å². The number of hydrogen-bond donors (Lipinski definition) is 2. The van der Waals surface area contributed by atoms with Gasteiger partial charge in [0.05, 0.1) is 10.7 Å². The predicted molar refractivity (Wildman–Crippen MR) is 99.3 cm³/mol. The van der Waals surface area contributed by atoms with Crippen LogP contribution in [-0.2, 0) is 6.42 Å². The Hall–Kier alpha value is -0.750. The largest absolute Gasteiger partial charge is 0.357 e. The van der Waals surface area contributed by atoms with Gasteiger partial charge in [0.2, 0.25) is 0 Å². The van der Waals surface area contributed by atoms with E-state index < -0.39 is 0 Å². The van der Waals surface area contributed by atoms with E-state index in [1.165, 1.54) is 24.1 Å². The molecule has 124 valence electrons. The molecule has 0 bridgehead atoms. The lowest BCUT2D eigenvalue weighted by molar-refractivity contribution is 0.615. The molecule has 2 rings (SSSR count). The Kier molecular flexibility index (Phi) is 7.02. The molecule has 0 saturated heterocycles. The molecule has 1 aliphatic rings. The van der Waals surface area contributed by atoms with Crippen LogP contribution in [0.15, 0.2) is 4.99 Å². The molecule has 1 heterocycles. The highest BCUT2D eigenvalue weighted by Crippen LogP contribution is 2.28. The molecule has 4 nitrogen and oxygen atoms in total. The molecule has 1 aliphatic carbocycles. The zero-order chi connectivity index (χ0) is 15.9. The third kappa shape index (κ3) is 5.16. The molecule has 2 atom stereocenters. The summed E-state index contributed by atoms with van der Waals surface area (Å²) in [5.74, 6) is 0.966. The first-order valence-corrected chi connectivity index (χ1v) is 10.2. The number of guanidine groups is 1. The Bertz CT molecular complexity index is 498. The van der Waals surface area contributed by atoms with Gasteiger partial charge in [0.1, 0.15) is 0 Å². The van der Waals surface area contributed by atoms with E-state index in [0.717, 1.165) is 41.4 Å². The summed E-state index contributed by atoms with van der Waals surface area (Å²) in [6, 6.07) is 0.572. The van der Waals surface area contributed by atoms with Gasteiger partial charge in [-0.15, -0.1) is 11.3 Å². The average Bonchev–Trinajstić information content (AvgIpc) is 3.05. The summed E-state index contributed by atoms with van der Waals surface area (Å²) >= 11 is 3.78. The van der Waals surface area contributed by atoms with Gasteiger partial charge >= 0.3 is 0 Å². The first kappa shape index (κ1) is 17.6. The molecule has 1 aromatic heterocycles. The van der Waals surface area contributed by atoms with Crippen molar-refractivity contribution in [3.8, 4) is 0 Å². The molecular weight excluding hydrogens is 312 g/mol. The van der Waals surface area contributed by atoms with E-state index in [9.17, 15) is 0 Å². The summed E-state index contributed by atoms with van der Waals surface area (Å²) in [6.07, 6.45) is 7.01. The molecule has 1 saturated carbocycles. The minimum atomic E-state index is 0.572. The maximum absolute atomic E-state index is 4.74. The quantitative estimate of drug-likeness (QED) is 0.617. The molecule has 6 heteroatoms. The minimum Gasteiger partial charge on any atom is -0.357 e. The highest BCUT2D eigenvalue weighted by molar-refractivity contribution is 7.99. The molecule has 1 aromatic rings. The fraction of sp³-hybridized carbons (Fsp3) is 0.750. The number of hydrogen-bond acceptors (Lipinski definition) is 4. The van der Waals surface area contributed by atoms with E-state index in [1.807, 2.05) is 11.8 Å². The van der Waals surface area contributed by atoms with Crippen molar-refractivity contribution in [3.63, 3.8) is 0 Å². The van der Waals surface area contributed by atoms with Gasteiger partial charge in [0.15, 0.2) is 5.96 Å². The Balaban J connectivity index is 1.85. The maximum Gasteiger partial charge on any atom is 0.191 e. The lowest BCUT2D eigenvalue weighted by Crippen LogP contribution is -2.42. The van der Waals surface area contributed by atoms with Crippen LogP contribution in [0.2, 0.25) is 0 Å². The number of aryl methyl sites for hydroxylation is 2. The zero-order valence-electron chi connectivity index (χ0n) is 14.1. The van der Waals surface area contributed by atoms with Crippen LogP contribution in [0.25, 0.3) is 0 Å². The summed E-state index contributed by atoms with van der Waals surface area (Å²) in [6.45, 7) is 8.00. The predicted octanol–water partition coefficient (Wildman–Crippen LogP) is 3.14. The minimum absolute atomic E-state index is 0.572. The normalized spacial score (nSPS) is 22.1. The van der Waals surface area contributed by atoms with Crippen molar-refractivity contribution in [2.45, 2.75) is 57.7 Å². The SMILES string of the molecule is CCNC(=NCCc1sc(C)nc1C)NC1CCC(SC)C1. The second-order valence-corrected chi connectivity index (χ2v) is 8.19. The Morgan fingerprint density at radius 1 is 1.41 bits per heavy atom. The molecule has 2 unspecified atom stereocenters. The van der Waals surface area contributed by atoms with Crippen LogP contribution in [0.1, 0.15) is 41.8 Å². The highest BCUT2D eigenvalue weighted by Gasteiger charge is 2.24. The number of nitrogens with zero attached hydrogens (tertiary/aromatic N) is 2. The smallest absolute Gasteiger partial charge is 0.191 e. The van der Waals surface area contributed by atoms with E-state index in [4.69, 9.17) is 4.99 Å². The van der Waals surface area contributed by atoms with Gasteiger partial charge in [-0.1, -0.05) is 0 Å². The van der Waals surface area contributed by atoms with Crippen molar-refractivity contribution in [1.29, 1.82) is 0 Å². The first-order valence-electron chi connectivity index (χ1n) is 8.13. The van der Waals surface area contributed by atoms with Crippen molar-refractivity contribution >= 4 is 29.1 Å². The van der Waals surface area contributed by atoms with Crippen LogP contribution in [0.3, 0.4) is 0 Å². The fourth-order valence-electron chi connectivity index (χ4n) is 2.87. The summed E-state index contributed by atoms with van der Waals surface area (Å²) in [5, 5.41) is 8.93. The van der Waals surface area contributed by atoms with Gasteiger partial charge in [-0.3, -0.25) is 4.99 Å². The number of rotatable bonds is 6. The Labute approximate surface area is 142 Å². The van der Waals surface area contributed by atoms with Gasteiger partial charge in [0.25, 0.3) is 0 Å².